The maximum atomic E-state index is 11.8. The van der Waals surface area contributed by atoms with Gasteiger partial charge in [-0.25, -0.2) is 4.68 Å². The lowest BCUT2D eigenvalue weighted by atomic mass is 10.2. The highest BCUT2D eigenvalue weighted by atomic mass is 79.9. The van der Waals surface area contributed by atoms with Gasteiger partial charge in [0.05, 0.1) is 31.1 Å². The number of hydrogen-bond donors (Lipinski definition) is 3. The summed E-state index contributed by atoms with van der Waals surface area (Å²) in [7, 11) is 0. The molecule has 0 amide bonds. The summed E-state index contributed by atoms with van der Waals surface area (Å²) >= 11 is 3.22. The van der Waals surface area contributed by atoms with Gasteiger partial charge in [0, 0.05) is 6.54 Å². The van der Waals surface area contributed by atoms with E-state index in [0.29, 0.717) is 23.1 Å². The SMILES string of the molecule is CC(O)CCCNc1cnn(CCO)c(=O)c1Br. The molecule has 1 aromatic heterocycles. The van der Waals surface area contributed by atoms with Crippen molar-refractivity contribution >= 4 is 21.6 Å². The second kappa shape index (κ2) is 7.50. The number of aromatic nitrogens is 2. The van der Waals surface area contributed by atoms with Crippen molar-refractivity contribution in [3.8, 4) is 0 Å². The van der Waals surface area contributed by atoms with Gasteiger partial charge < -0.3 is 15.5 Å². The molecular weight excluding hydrogens is 302 g/mol. The van der Waals surface area contributed by atoms with Crippen LogP contribution in [0.1, 0.15) is 19.8 Å². The standard InChI is InChI=1S/C11H18BrN3O3/c1-8(17)3-2-4-13-9-7-14-15(5-6-16)11(18)10(9)12/h7-8,13,16-17H,2-6H2,1H3. The van der Waals surface area contributed by atoms with Crippen molar-refractivity contribution in [2.24, 2.45) is 0 Å². The molecular formula is C11H18BrN3O3. The van der Waals surface area contributed by atoms with E-state index in [0.717, 1.165) is 6.42 Å². The molecule has 0 aromatic carbocycles. The fraction of sp³-hybridized carbons (Fsp3) is 0.636. The molecule has 0 aliphatic rings. The fourth-order valence-corrected chi connectivity index (χ4v) is 1.91. The summed E-state index contributed by atoms with van der Waals surface area (Å²) in [5, 5.41) is 24.9. The van der Waals surface area contributed by atoms with Crippen LogP contribution in [0.5, 0.6) is 0 Å². The Morgan fingerprint density at radius 2 is 2.33 bits per heavy atom. The summed E-state index contributed by atoms with van der Waals surface area (Å²) in [4.78, 5) is 11.8. The third-order valence-electron chi connectivity index (χ3n) is 2.41. The van der Waals surface area contributed by atoms with Crippen LogP contribution in [0, 0.1) is 0 Å². The van der Waals surface area contributed by atoms with Crippen molar-refractivity contribution in [2.75, 3.05) is 18.5 Å². The van der Waals surface area contributed by atoms with Gasteiger partial charge in [-0.2, -0.15) is 5.10 Å². The van der Waals surface area contributed by atoms with Gasteiger partial charge in [-0.05, 0) is 35.7 Å². The molecule has 0 bridgehead atoms. The Morgan fingerprint density at radius 3 is 2.94 bits per heavy atom. The molecule has 6 nitrogen and oxygen atoms in total. The normalized spacial score (nSPS) is 12.4. The number of halogens is 1. The van der Waals surface area contributed by atoms with E-state index in [-0.39, 0.29) is 24.8 Å². The molecule has 1 aromatic rings. The van der Waals surface area contributed by atoms with Gasteiger partial charge in [-0.15, -0.1) is 0 Å². The summed E-state index contributed by atoms with van der Waals surface area (Å²) < 4.78 is 1.61. The number of nitrogens with zero attached hydrogens (tertiary/aromatic N) is 2. The number of aliphatic hydroxyl groups excluding tert-OH is 2. The van der Waals surface area contributed by atoms with E-state index in [1.54, 1.807) is 13.1 Å². The van der Waals surface area contributed by atoms with Crippen molar-refractivity contribution in [3.05, 3.63) is 21.0 Å². The second-order valence-corrected chi connectivity index (χ2v) is 4.84. The van der Waals surface area contributed by atoms with E-state index < -0.39 is 0 Å². The van der Waals surface area contributed by atoms with Gasteiger partial charge in [0.15, 0.2) is 0 Å². The Balaban J connectivity index is 2.62. The molecule has 0 radical (unpaired) electrons. The van der Waals surface area contributed by atoms with Crippen molar-refractivity contribution in [3.63, 3.8) is 0 Å². The minimum atomic E-state index is -0.314. The van der Waals surface area contributed by atoms with Crippen molar-refractivity contribution in [1.29, 1.82) is 0 Å². The Morgan fingerprint density at radius 1 is 1.61 bits per heavy atom. The van der Waals surface area contributed by atoms with Gasteiger partial charge in [0.25, 0.3) is 5.56 Å². The maximum absolute atomic E-state index is 11.8. The molecule has 1 atom stereocenters. The average Bonchev–Trinajstić information content (AvgIpc) is 2.33. The van der Waals surface area contributed by atoms with E-state index in [4.69, 9.17) is 10.2 Å². The molecule has 0 aliphatic heterocycles. The summed E-state index contributed by atoms with van der Waals surface area (Å²) in [5.74, 6) is 0. The first-order valence-corrected chi connectivity index (χ1v) is 6.64. The molecule has 3 N–H and O–H groups in total. The first-order chi connectivity index (χ1) is 8.56. The molecule has 1 rings (SSSR count). The van der Waals surface area contributed by atoms with Crippen LogP contribution in [-0.4, -0.2) is 39.2 Å². The Hall–Kier alpha value is -0.920. The fourth-order valence-electron chi connectivity index (χ4n) is 1.46. The first-order valence-electron chi connectivity index (χ1n) is 5.84. The van der Waals surface area contributed by atoms with Gasteiger partial charge in [0.2, 0.25) is 0 Å². The lowest BCUT2D eigenvalue weighted by Crippen LogP contribution is -2.26. The molecule has 0 saturated heterocycles. The monoisotopic (exact) mass is 319 g/mol. The topological polar surface area (TPSA) is 87.4 Å². The highest BCUT2D eigenvalue weighted by Crippen LogP contribution is 2.16. The minimum absolute atomic E-state index is 0.124. The molecule has 1 unspecified atom stereocenters. The molecule has 102 valence electrons. The number of nitrogens with one attached hydrogen (secondary N) is 1. The Kier molecular flexibility index (Phi) is 6.31. The van der Waals surface area contributed by atoms with E-state index in [2.05, 4.69) is 26.3 Å². The molecule has 18 heavy (non-hydrogen) atoms. The van der Waals surface area contributed by atoms with Gasteiger partial charge in [0.1, 0.15) is 4.47 Å². The van der Waals surface area contributed by atoms with Crippen LogP contribution >= 0.6 is 15.9 Å². The van der Waals surface area contributed by atoms with Crippen LogP contribution in [-0.2, 0) is 6.54 Å². The molecule has 1 heterocycles. The number of hydrogen-bond acceptors (Lipinski definition) is 5. The summed E-state index contributed by atoms with van der Waals surface area (Å²) in [5.41, 5.74) is 0.351. The smallest absolute Gasteiger partial charge is 0.283 e. The highest BCUT2D eigenvalue weighted by Gasteiger charge is 2.08. The third kappa shape index (κ3) is 4.40. The molecule has 0 saturated carbocycles. The average molecular weight is 320 g/mol. The Labute approximate surface area is 114 Å². The summed E-state index contributed by atoms with van der Waals surface area (Å²) in [6.45, 7) is 2.46. The lowest BCUT2D eigenvalue weighted by molar-refractivity contribution is 0.183. The quantitative estimate of drug-likeness (QED) is 0.640. The third-order valence-corrected chi connectivity index (χ3v) is 3.18. The van der Waals surface area contributed by atoms with E-state index >= 15 is 0 Å². The Bertz CT molecular complexity index is 434. The molecule has 0 aliphatic carbocycles. The first kappa shape index (κ1) is 15.1. The van der Waals surface area contributed by atoms with Gasteiger partial charge in [-0.3, -0.25) is 4.79 Å². The van der Waals surface area contributed by atoms with Crippen LogP contribution in [0.25, 0.3) is 0 Å². The largest absolute Gasteiger partial charge is 0.394 e. The number of rotatable bonds is 7. The summed E-state index contributed by atoms with van der Waals surface area (Å²) in [6.07, 6.45) is 2.75. The zero-order valence-electron chi connectivity index (χ0n) is 10.3. The van der Waals surface area contributed by atoms with E-state index in [1.165, 1.54) is 4.68 Å². The predicted molar refractivity (Wildman–Crippen MR) is 72.7 cm³/mol. The van der Waals surface area contributed by atoms with Crippen LogP contribution in [0.2, 0.25) is 0 Å². The minimum Gasteiger partial charge on any atom is -0.394 e. The van der Waals surface area contributed by atoms with Gasteiger partial charge in [-0.1, -0.05) is 0 Å². The highest BCUT2D eigenvalue weighted by molar-refractivity contribution is 9.10. The molecule has 7 heteroatoms. The zero-order valence-corrected chi connectivity index (χ0v) is 11.9. The van der Waals surface area contributed by atoms with Crippen molar-refractivity contribution in [2.45, 2.75) is 32.4 Å². The van der Waals surface area contributed by atoms with Crippen LogP contribution in [0.3, 0.4) is 0 Å². The second-order valence-electron chi connectivity index (χ2n) is 4.04. The van der Waals surface area contributed by atoms with Crippen molar-refractivity contribution in [1.82, 2.24) is 9.78 Å². The maximum Gasteiger partial charge on any atom is 0.283 e. The van der Waals surface area contributed by atoms with Crippen molar-refractivity contribution < 1.29 is 10.2 Å². The van der Waals surface area contributed by atoms with Crippen LogP contribution < -0.4 is 10.9 Å². The number of anilines is 1. The van der Waals surface area contributed by atoms with Crippen LogP contribution in [0.4, 0.5) is 5.69 Å². The van der Waals surface area contributed by atoms with E-state index in [9.17, 15) is 4.79 Å². The summed E-state index contributed by atoms with van der Waals surface area (Å²) in [6, 6.07) is 0. The van der Waals surface area contributed by atoms with Crippen LogP contribution in [0.15, 0.2) is 15.5 Å². The lowest BCUT2D eigenvalue weighted by Gasteiger charge is -2.10. The van der Waals surface area contributed by atoms with Gasteiger partial charge >= 0.3 is 0 Å². The molecule has 0 fully saturated rings. The number of aliphatic hydroxyl groups is 2. The predicted octanol–water partition coefficient (Wildman–Crippen LogP) is 0.571. The zero-order chi connectivity index (χ0) is 13.5. The molecule has 0 spiro atoms. The van der Waals surface area contributed by atoms with E-state index in [1.807, 2.05) is 0 Å².